The van der Waals surface area contributed by atoms with Crippen molar-refractivity contribution in [3.8, 4) is 0 Å². The lowest BCUT2D eigenvalue weighted by Gasteiger charge is -2.22. The summed E-state index contributed by atoms with van der Waals surface area (Å²) in [7, 11) is -1.20. The van der Waals surface area contributed by atoms with Crippen LogP contribution in [0.4, 0.5) is 22.3 Å². The van der Waals surface area contributed by atoms with Crippen LogP contribution in [0.3, 0.4) is 0 Å². The van der Waals surface area contributed by atoms with Crippen molar-refractivity contribution in [2.24, 2.45) is 0 Å². The van der Waals surface area contributed by atoms with Crippen molar-refractivity contribution in [1.29, 1.82) is 0 Å². The van der Waals surface area contributed by atoms with E-state index in [-0.39, 0.29) is 0 Å². The number of rotatable bonds is 10. The molecular weight excluding hydrogens is 535 g/mol. The average molecular weight is 570 g/mol. The van der Waals surface area contributed by atoms with Crippen LogP contribution in [0.5, 0.6) is 0 Å². The number of aromatic nitrogens is 5. The molecule has 0 amide bonds. The summed E-state index contributed by atoms with van der Waals surface area (Å²) in [5, 5.41) is 16.8. The highest BCUT2D eigenvalue weighted by atomic mass is 32.1. The van der Waals surface area contributed by atoms with E-state index in [0.29, 0.717) is 12.6 Å². The van der Waals surface area contributed by atoms with Gasteiger partial charge in [0.25, 0.3) is 0 Å². The van der Waals surface area contributed by atoms with E-state index in [0.717, 1.165) is 61.8 Å². The molecular formula is C30H35N7OSSi. The maximum atomic E-state index is 6.20. The van der Waals surface area contributed by atoms with Gasteiger partial charge >= 0.3 is 0 Å². The fourth-order valence-electron chi connectivity index (χ4n) is 5.01. The summed E-state index contributed by atoms with van der Waals surface area (Å²) >= 11 is 1.67. The number of ether oxygens (including phenoxy) is 1. The Balaban J connectivity index is 1.29. The summed E-state index contributed by atoms with van der Waals surface area (Å²) in [6.45, 7) is 8.21. The first kappa shape index (κ1) is 26.7. The molecule has 1 aliphatic carbocycles. The van der Waals surface area contributed by atoms with Gasteiger partial charge in [0.15, 0.2) is 0 Å². The van der Waals surface area contributed by atoms with Gasteiger partial charge in [0.05, 0.1) is 34.8 Å². The standard InChI is InChI=1S/C30H35N7OSSi/c1-40(2,3)15-14-38-20-37(30-36-35-29(39-30)21-8-4-5-9-21)28-13-12-25-26(34-28)16-23(18-32-25)33-27-19-31-17-22-10-6-7-11-24(22)27/h6-7,10-13,16-19,21,33H,4-5,8-9,14-15,20H2,1-3H3. The minimum absolute atomic E-state index is 0.384. The largest absolute Gasteiger partial charge is 0.361 e. The van der Waals surface area contributed by atoms with Gasteiger partial charge < -0.3 is 10.1 Å². The maximum Gasteiger partial charge on any atom is 0.215 e. The maximum absolute atomic E-state index is 6.20. The van der Waals surface area contributed by atoms with Crippen molar-refractivity contribution < 1.29 is 4.74 Å². The third kappa shape index (κ3) is 6.14. The molecule has 1 saturated carbocycles. The zero-order chi connectivity index (χ0) is 27.5. The molecule has 1 aromatic carbocycles. The van der Waals surface area contributed by atoms with Gasteiger partial charge in [0, 0.05) is 37.6 Å². The molecule has 6 rings (SSSR count). The van der Waals surface area contributed by atoms with Gasteiger partial charge in [-0.1, -0.05) is 68.1 Å². The third-order valence-corrected chi connectivity index (χ3v) is 10.1. The normalized spacial score (nSPS) is 14.3. The van der Waals surface area contributed by atoms with Crippen LogP contribution in [0.1, 0.15) is 36.6 Å². The minimum atomic E-state index is -1.20. The van der Waals surface area contributed by atoms with E-state index in [4.69, 9.17) is 9.72 Å². The molecule has 5 aromatic rings. The molecule has 206 valence electrons. The van der Waals surface area contributed by atoms with Gasteiger partial charge in [0.2, 0.25) is 5.13 Å². The van der Waals surface area contributed by atoms with E-state index in [2.05, 4.69) is 62.2 Å². The number of nitrogens with zero attached hydrogens (tertiary/aromatic N) is 6. The number of benzene rings is 1. The molecule has 0 radical (unpaired) electrons. The van der Waals surface area contributed by atoms with Gasteiger partial charge in [-0.05, 0) is 37.1 Å². The Morgan fingerprint density at radius 2 is 1.85 bits per heavy atom. The summed E-state index contributed by atoms with van der Waals surface area (Å²) < 4.78 is 6.20. The number of fused-ring (bicyclic) bond motifs is 2. The molecule has 1 fully saturated rings. The lowest BCUT2D eigenvalue weighted by atomic mass is 10.1. The highest BCUT2D eigenvalue weighted by Gasteiger charge is 2.24. The summed E-state index contributed by atoms with van der Waals surface area (Å²) in [6.07, 6.45) is 10.5. The van der Waals surface area contributed by atoms with Crippen molar-refractivity contribution in [3.63, 3.8) is 0 Å². The lowest BCUT2D eigenvalue weighted by Crippen LogP contribution is -2.26. The van der Waals surface area contributed by atoms with Crippen LogP contribution < -0.4 is 10.2 Å². The third-order valence-electron chi connectivity index (χ3n) is 7.33. The second-order valence-corrected chi connectivity index (χ2v) is 18.3. The molecule has 0 bridgehead atoms. The molecule has 0 aliphatic heterocycles. The van der Waals surface area contributed by atoms with Crippen LogP contribution in [-0.2, 0) is 4.74 Å². The second kappa shape index (κ2) is 11.6. The monoisotopic (exact) mass is 569 g/mol. The summed E-state index contributed by atoms with van der Waals surface area (Å²) in [6, 6.07) is 15.3. The van der Waals surface area contributed by atoms with E-state index in [1.807, 2.05) is 48.9 Å². The van der Waals surface area contributed by atoms with Gasteiger partial charge in [-0.15, -0.1) is 10.2 Å². The smallest absolute Gasteiger partial charge is 0.215 e. The Morgan fingerprint density at radius 3 is 2.70 bits per heavy atom. The SMILES string of the molecule is C[Si](C)(C)CCOCN(c1ccc2ncc(Nc3cncc4ccccc34)cc2n1)c1nnc(C2CCCC2)s1. The van der Waals surface area contributed by atoms with Gasteiger partial charge in [-0.25, -0.2) is 4.98 Å². The number of hydrogen-bond donors (Lipinski definition) is 1. The van der Waals surface area contributed by atoms with Gasteiger partial charge in [0.1, 0.15) is 17.6 Å². The van der Waals surface area contributed by atoms with E-state index in [9.17, 15) is 0 Å². The second-order valence-electron chi connectivity index (χ2n) is 11.6. The van der Waals surface area contributed by atoms with Crippen LogP contribution in [-0.4, -0.2) is 46.6 Å². The molecule has 0 unspecified atom stereocenters. The van der Waals surface area contributed by atoms with E-state index in [1.54, 1.807) is 11.3 Å². The molecule has 1 N–H and O–H groups in total. The molecule has 0 atom stereocenters. The van der Waals surface area contributed by atoms with Crippen LogP contribution in [0.25, 0.3) is 21.8 Å². The Bertz CT molecular complexity index is 1610. The number of hydrogen-bond acceptors (Lipinski definition) is 9. The number of pyridine rings is 3. The first-order valence-corrected chi connectivity index (χ1v) is 18.5. The predicted octanol–water partition coefficient (Wildman–Crippen LogP) is 7.88. The average Bonchev–Trinajstić information content (AvgIpc) is 3.65. The van der Waals surface area contributed by atoms with Crippen molar-refractivity contribution >= 4 is 63.5 Å². The van der Waals surface area contributed by atoms with Gasteiger partial charge in [-0.2, -0.15) is 0 Å². The number of anilines is 4. The topological polar surface area (TPSA) is 89.0 Å². The zero-order valence-corrected chi connectivity index (χ0v) is 25.1. The molecule has 8 nitrogen and oxygen atoms in total. The van der Waals surface area contributed by atoms with E-state index < -0.39 is 8.07 Å². The van der Waals surface area contributed by atoms with Gasteiger partial charge in [-0.3, -0.25) is 14.9 Å². The first-order chi connectivity index (χ1) is 19.4. The zero-order valence-electron chi connectivity index (χ0n) is 23.3. The van der Waals surface area contributed by atoms with Crippen molar-refractivity contribution in [1.82, 2.24) is 25.1 Å². The Labute approximate surface area is 239 Å². The predicted molar refractivity (Wildman–Crippen MR) is 167 cm³/mol. The Hall–Kier alpha value is -3.47. The minimum Gasteiger partial charge on any atom is -0.361 e. The molecule has 10 heteroatoms. The fourth-order valence-corrected chi connectivity index (χ4v) is 6.78. The highest BCUT2D eigenvalue weighted by Crippen LogP contribution is 2.38. The summed E-state index contributed by atoms with van der Waals surface area (Å²) in [5.41, 5.74) is 3.41. The quantitative estimate of drug-likeness (QED) is 0.103. The van der Waals surface area contributed by atoms with Crippen LogP contribution >= 0.6 is 11.3 Å². The first-order valence-electron chi connectivity index (χ1n) is 14.0. The summed E-state index contributed by atoms with van der Waals surface area (Å²) in [4.78, 5) is 16.1. The molecule has 4 heterocycles. The number of nitrogens with one attached hydrogen (secondary N) is 1. The Kier molecular flexibility index (Phi) is 7.73. The highest BCUT2D eigenvalue weighted by molar-refractivity contribution is 7.15. The Morgan fingerprint density at radius 1 is 1.00 bits per heavy atom. The van der Waals surface area contributed by atoms with Crippen LogP contribution in [0.2, 0.25) is 25.7 Å². The molecule has 40 heavy (non-hydrogen) atoms. The molecule has 0 saturated heterocycles. The van der Waals surface area contributed by atoms with Crippen LogP contribution in [0, 0.1) is 0 Å². The molecule has 4 aromatic heterocycles. The fraction of sp³-hybridized carbons (Fsp3) is 0.367. The van der Waals surface area contributed by atoms with Crippen LogP contribution in [0.15, 0.2) is 61.1 Å². The molecule has 1 aliphatic rings. The van der Waals surface area contributed by atoms with Crippen molar-refractivity contribution in [3.05, 3.63) is 66.1 Å². The summed E-state index contributed by atoms with van der Waals surface area (Å²) in [5.74, 6) is 1.30. The van der Waals surface area contributed by atoms with E-state index >= 15 is 0 Å². The van der Waals surface area contributed by atoms with Crippen molar-refractivity contribution in [2.45, 2.75) is 57.3 Å². The van der Waals surface area contributed by atoms with Crippen molar-refractivity contribution in [2.75, 3.05) is 23.6 Å². The lowest BCUT2D eigenvalue weighted by molar-refractivity contribution is 0.153. The van der Waals surface area contributed by atoms with E-state index in [1.165, 1.54) is 25.7 Å². The molecule has 0 spiro atoms.